The monoisotopic (exact) mass is 275 g/mol. The van der Waals surface area contributed by atoms with Gasteiger partial charge in [-0.05, 0) is 30.2 Å². The van der Waals surface area contributed by atoms with Gasteiger partial charge in [-0.3, -0.25) is 4.79 Å². The Bertz CT molecular complexity index is 536. The Morgan fingerprint density at radius 1 is 1.35 bits per heavy atom. The van der Waals surface area contributed by atoms with E-state index in [1.54, 1.807) is 12.1 Å². The summed E-state index contributed by atoms with van der Waals surface area (Å²) in [4.78, 5) is 11.7. The van der Waals surface area contributed by atoms with Crippen molar-refractivity contribution in [3.63, 3.8) is 0 Å². The summed E-state index contributed by atoms with van der Waals surface area (Å²) in [6.45, 7) is 4.85. The Morgan fingerprint density at radius 2 is 2.10 bits per heavy atom. The smallest absolute Gasteiger partial charge is 0.232 e. The zero-order chi connectivity index (χ0) is 14.4. The fraction of sp³-hybridized carbons (Fsp3) is 0.385. The predicted molar refractivity (Wildman–Crippen MR) is 73.3 cm³/mol. The first kappa shape index (κ1) is 14.0. The summed E-state index contributed by atoms with van der Waals surface area (Å²) in [5.41, 5.74) is 0.704. The van der Waals surface area contributed by atoms with Crippen molar-refractivity contribution in [1.29, 1.82) is 0 Å². The van der Waals surface area contributed by atoms with Crippen LogP contribution in [0.25, 0.3) is 0 Å². The first-order valence-corrected chi connectivity index (χ1v) is 6.38. The van der Waals surface area contributed by atoms with Gasteiger partial charge in [0.15, 0.2) is 5.82 Å². The van der Waals surface area contributed by atoms with Crippen LogP contribution in [-0.4, -0.2) is 33.1 Å². The van der Waals surface area contributed by atoms with E-state index in [0.717, 1.165) is 5.75 Å². The van der Waals surface area contributed by atoms with E-state index >= 15 is 0 Å². The summed E-state index contributed by atoms with van der Waals surface area (Å²) in [7, 11) is 0. The minimum absolute atomic E-state index is 0.0854. The topological polar surface area (TPSA) is 92.8 Å². The molecule has 0 spiro atoms. The van der Waals surface area contributed by atoms with Gasteiger partial charge in [-0.25, -0.2) is 0 Å². The van der Waals surface area contributed by atoms with Gasteiger partial charge in [0.1, 0.15) is 5.75 Å². The molecule has 7 heteroatoms. The molecule has 0 atom stereocenters. The van der Waals surface area contributed by atoms with Crippen LogP contribution in [0.15, 0.2) is 24.3 Å². The van der Waals surface area contributed by atoms with E-state index < -0.39 is 0 Å². The Balaban J connectivity index is 1.85. The average Bonchev–Trinajstić information content (AvgIpc) is 2.90. The first-order valence-electron chi connectivity index (χ1n) is 6.38. The lowest BCUT2D eigenvalue weighted by atomic mass is 10.2. The van der Waals surface area contributed by atoms with Gasteiger partial charge in [0.25, 0.3) is 0 Å². The van der Waals surface area contributed by atoms with Crippen LogP contribution in [0.2, 0.25) is 0 Å². The number of nitrogens with zero attached hydrogens (tertiary/aromatic N) is 3. The summed E-state index contributed by atoms with van der Waals surface area (Å²) in [6.07, 6.45) is 0.0854. The third kappa shape index (κ3) is 4.34. The average molecular weight is 275 g/mol. The normalized spacial score (nSPS) is 10.6. The third-order valence-electron chi connectivity index (χ3n) is 2.43. The number of ether oxygens (including phenoxy) is 1. The lowest BCUT2D eigenvalue weighted by Crippen LogP contribution is -2.15. The minimum atomic E-state index is -0.192. The van der Waals surface area contributed by atoms with Gasteiger partial charge in [-0.2, -0.15) is 5.21 Å². The summed E-state index contributed by atoms with van der Waals surface area (Å²) < 4.78 is 5.57. The number of carbonyl (C=O) groups is 1. The summed E-state index contributed by atoms with van der Waals surface area (Å²) >= 11 is 0. The second-order valence-corrected chi connectivity index (χ2v) is 4.78. The zero-order valence-corrected chi connectivity index (χ0v) is 11.5. The van der Waals surface area contributed by atoms with Gasteiger partial charge < -0.3 is 10.1 Å². The molecule has 0 radical (unpaired) electrons. The van der Waals surface area contributed by atoms with Crippen LogP contribution in [0.5, 0.6) is 5.75 Å². The van der Waals surface area contributed by atoms with E-state index in [1.165, 1.54) is 0 Å². The molecule has 20 heavy (non-hydrogen) atoms. The van der Waals surface area contributed by atoms with Crippen molar-refractivity contribution in [3.8, 4) is 5.75 Å². The number of nitrogens with one attached hydrogen (secondary N) is 2. The molecule has 0 saturated carbocycles. The van der Waals surface area contributed by atoms with Crippen molar-refractivity contribution < 1.29 is 9.53 Å². The maximum atomic E-state index is 11.7. The van der Waals surface area contributed by atoms with E-state index in [-0.39, 0.29) is 12.3 Å². The molecule has 0 aliphatic heterocycles. The number of H-pyrrole nitrogens is 1. The van der Waals surface area contributed by atoms with E-state index in [1.807, 2.05) is 12.1 Å². The fourth-order valence-electron chi connectivity index (χ4n) is 1.50. The third-order valence-corrected chi connectivity index (χ3v) is 2.43. The number of tetrazole rings is 1. The van der Waals surface area contributed by atoms with Crippen molar-refractivity contribution in [2.24, 2.45) is 5.92 Å². The second-order valence-electron chi connectivity index (χ2n) is 4.78. The van der Waals surface area contributed by atoms with E-state index in [2.05, 4.69) is 39.8 Å². The molecule has 0 bridgehead atoms. The molecule has 0 aliphatic carbocycles. The number of rotatable bonds is 6. The summed E-state index contributed by atoms with van der Waals surface area (Å²) in [5.74, 6) is 1.43. The molecule has 2 rings (SSSR count). The van der Waals surface area contributed by atoms with Crippen molar-refractivity contribution in [3.05, 3.63) is 30.1 Å². The number of benzene rings is 1. The van der Waals surface area contributed by atoms with Crippen LogP contribution in [0.1, 0.15) is 19.7 Å². The number of anilines is 1. The number of carbonyl (C=O) groups excluding carboxylic acids is 1. The van der Waals surface area contributed by atoms with Crippen LogP contribution in [0.3, 0.4) is 0 Å². The highest BCUT2D eigenvalue weighted by molar-refractivity contribution is 5.91. The summed E-state index contributed by atoms with van der Waals surface area (Å²) in [5, 5.41) is 15.9. The van der Waals surface area contributed by atoms with Crippen molar-refractivity contribution in [2.75, 3.05) is 11.9 Å². The lowest BCUT2D eigenvalue weighted by molar-refractivity contribution is -0.115. The standard InChI is InChI=1S/C13H17N5O2/c1-9(2)8-20-11-5-3-10(4-6-11)14-13(19)7-12-15-17-18-16-12/h3-6,9H,7-8H2,1-2H3,(H,14,19)(H,15,16,17,18). The second kappa shape index (κ2) is 6.65. The Morgan fingerprint density at radius 3 is 2.70 bits per heavy atom. The van der Waals surface area contributed by atoms with Crippen LogP contribution in [0, 0.1) is 5.92 Å². The van der Waals surface area contributed by atoms with Crippen LogP contribution in [-0.2, 0) is 11.2 Å². The molecule has 2 N–H and O–H groups in total. The van der Waals surface area contributed by atoms with E-state index in [0.29, 0.717) is 24.0 Å². The van der Waals surface area contributed by atoms with Gasteiger partial charge >= 0.3 is 0 Å². The van der Waals surface area contributed by atoms with Crippen molar-refractivity contribution in [1.82, 2.24) is 20.6 Å². The molecule has 0 aliphatic rings. The van der Waals surface area contributed by atoms with Crippen LogP contribution < -0.4 is 10.1 Å². The van der Waals surface area contributed by atoms with E-state index in [9.17, 15) is 4.79 Å². The van der Waals surface area contributed by atoms with Gasteiger partial charge in [0.05, 0.1) is 13.0 Å². The van der Waals surface area contributed by atoms with Gasteiger partial charge in [0.2, 0.25) is 5.91 Å². The number of hydrogen-bond acceptors (Lipinski definition) is 5. The number of aromatic nitrogens is 4. The maximum Gasteiger partial charge on any atom is 0.232 e. The largest absolute Gasteiger partial charge is 0.493 e. The molecule has 1 aromatic carbocycles. The Hall–Kier alpha value is -2.44. The molecule has 2 aromatic rings. The fourth-order valence-corrected chi connectivity index (χ4v) is 1.50. The number of aromatic amines is 1. The molecule has 0 saturated heterocycles. The minimum Gasteiger partial charge on any atom is -0.493 e. The lowest BCUT2D eigenvalue weighted by Gasteiger charge is -2.09. The highest BCUT2D eigenvalue weighted by atomic mass is 16.5. The number of amides is 1. The van der Waals surface area contributed by atoms with Gasteiger partial charge in [-0.1, -0.05) is 19.1 Å². The number of hydrogen-bond donors (Lipinski definition) is 2. The molecule has 1 aromatic heterocycles. The van der Waals surface area contributed by atoms with Crippen LogP contribution in [0.4, 0.5) is 5.69 Å². The highest BCUT2D eigenvalue weighted by Crippen LogP contribution is 2.16. The molecule has 1 heterocycles. The maximum absolute atomic E-state index is 11.7. The van der Waals surface area contributed by atoms with Crippen molar-refractivity contribution >= 4 is 11.6 Å². The van der Waals surface area contributed by atoms with Crippen molar-refractivity contribution in [2.45, 2.75) is 20.3 Å². The molecule has 0 unspecified atom stereocenters. The highest BCUT2D eigenvalue weighted by Gasteiger charge is 2.07. The van der Waals surface area contributed by atoms with Gasteiger partial charge in [0, 0.05) is 5.69 Å². The SMILES string of the molecule is CC(C)COc1ccc(NC(=O)Cc2nn[nH]n2)cc1. The molecule has 106 valence electrons. The first-order chi connectivity index (χ1) is 9.63. The molecular weight excluding hydrogens is 258 g/mol. The quantitative estimate of drug-likeness (QED) is 0.831. The molecular formula is C13H17N5O2. The predicted octanol–water partition coefficient (Wildman–Crippen LogP) is 1.42. The van der Waals surface area contributed by atoms with Crippen LogP contribution >= 0.6 is 0 Å². The molecule has 7 nitrogen and oxygen atoms in total. The Labute approximate surface area is 116 Å². The Kier molecular flexibility index (Phi) is 4.65. The molecule has 1 amide bonds. The van der Waals surface area contributed by atoms with E-state index in [4.69, 9.17) is 4.74 Å². The molecule has 0 fully saturated rings. The zero-order valence-electron chi connectivity index (χ0n) is 11.5. The van der Waals surface area contributed by atoms with Gasteiger partial charge in [-0.15, -0.1) is 10.2 Å². The summed E-state index contributed by atoms with van der Waals surface area (Å²) in [6, 6.07) is 7.24.